The fraction of sp³-hybridized carbons (Fsp3) is 0.462. The first-order valence-corrected chi connectivity index (χ1v) is 5.97. The summed E-state index contributed by atoms with van der Waals surface area (Å²) in [6, 6.07) is 6.99. The minimum atomic E-state index is -2.99. The summed E-state index contributed by atoms with van der Waals surface area (Å²) < 4.78 is 24.2. The van der Waals surface area contributed by atoms with Gasteiger partial charge in [-0.05, 0) is 30.8 Å². The maximum Gasteiger partial charge on any atom is 0.315 e. The van der Waals surface area contributed by atoms with Gasteiger partial charge in [0.15, 0.2) is 0 Å². The Morgan fingerprint density at radius 3 is 2.56 bits per heavy atom. The number of hydrogen-bond donors (Lipinski definition) is 1. The Hall–Kier alpha value is -1.49. The maximum atomic E-state index is 12.1. The zero-order valence-corrected chi connectivity index (χ0v) is 10.6. The van der Waals surface area contributed by atoms with Gasteiger partial charge in [-0.3, -0.25) is 9.69 Å². The highest BCUT2D eigenvalue weighted by molar-refractivity contribution is 5.93. The van der Waals surface area contributed by atoms with Crippen molar-refractivity contribution in [3.05, 3.63) is 29.8 Å². The summed E-state index contributed by atoms with van der Waals surface area (Å²) >= 11 is 0. The second kappa shape index (κ2) is 7.06. The molecule has 0 saturated carbocycles. The highest BCUT2D eigenvalue weighted by Gasteiger charge is 2.15. The molecule has 0 atom stereocenters. The van der Waals surface area contributed by atoms with Gasteiger partial charge >= 0.3 is 6.43 Å². The van der Waals surface area contributed by atoms with Gasteiger partial charge in [0, 0.05) is 12.2 Å². The minimum Gasteiger partial charge on any atom is -0.321 e. The number of benzene rings is 1. The highest BCUT2D eigenvalue weighted by atomic mass is 19.3. The third kappa shape index (κ3) is 4.41. The van der Waals surface area contributed by atoms with Crippen molar-refractivity contribution in [1.82, 2.24) is 4.90 Å². The number of carbonyl (C=O) groups excluding carboxylic acids is 1. The van der Waals surface area contributed by atoms with E-state index < -0.39 is 12.3 Å². The molecular weight excluding hydrogens is 238 g/mol. The van der Waals surface area contributed by atoms with Gasteiger partial charge in [0.05, 0.1) is 0 Å². The Bertz CT molecular complexity index is 392. The van der Waals surface area contributed by atoms with Crippen LogP contribution in [-0.2, 0) is 11.3 Å². The second-order valence-corrected chi connectivity index (χ2v) is 3.95. The van der Waals surface area contributed by atoms with Crippen LogP contribution in [0.5, 0.6) is 0 Å². The maximum absolute atomic E-state index is 12.1. The van der Waals surface area contributed by atoms with Crippen LogP contribution in [0.1, 0.15) is 19.4 Å². The van der Waals surface area contributed by atoms with Crippen LogP contribution in [0.4, 0.5) is 14.5 Å². The van der Waals surface area contributed by atoms with Crippen LogP contribution < -0.4 is 5.32 Å². The van der Waals surface area contributed by atoms with E-state index in [0.29, 0.717) is 5.69 Å². The fourth-order valence-corrected chi connectivity index (χ4v) is 1.65. The zero-order valence-electron chi connectivity index (χ0n) is 10.6. The first-order valence-electron chi connectivity index (χ1n) is 5.97. The molecule has 100 valence electrons. The molecule has 1 rings (SSSR count). The van der Waals surface area contributed by atoms with Gasteiger partial charge in [0.2, 0.25) is 0 Å². The van der Waals surface area contributed by atoms with E-state index in [1.54, 1.807) is 18.2 Å². The molecule has 0 aliphatic rings. The largest absolute Gasteiger partial charge is 0.321 e. The summed E-state index contributed by atoms with van der Waals surface area (Å²) in [7, 11) is 0. The molecule has 0 unspecified atom stereocenters. The van der Waals surface area contributed by atoms with Crippen LogP contribution in [0.2, 0.25) is 0 Å². The van der Waals surface area contributed by atoms with E-state index >= 15 is 0 Å². The Kier molecular flexibility index (Phi) is 5.71. The molecule has 18 heavy (non-hydrogen) atoms. The molecule has 5 heteroatoms. The molecular formula is C13H18F2N2O. The summed E-state index contributed by atoms with van der Waals surface area (Å²) in [6.07, 6.45) is -2.99. The molecule has 3 nitrogen and oxygen atoms in total. The minimum absolute atomic E-state index is 0.407. The van der Waals surface area contributed by atoms with Crippen LogP contribution in [0.15, 0.2) is 24.3 Å². The molecule has 0 bridgehead atoms. The number of alkyl halides is 2. The zero-order chi connectivity index (χ0) is 13.5. The highest BCUT2D eigenvalue weighted by Crippen LogP contribution is 2.13. The predicted molar refractivity (Wildman–Crippen MR) is 67.7 cm³/mol. The summed E-state index contributed by atoms with van der Waals surface area (Å²) in [4.78, 5) is 13.1. The standard InChI is InChI=1S/C13H18F2N2O/c1-3-17(4-2)9-10-6-5-7-11(8-10)16-13(18)12(14)15/h5-8,12H,3-4,9H2,1-2H3,(H,16,18). The van der Waals surface area contributed by atoms with Crippen molar-refractivity contribution in [1.29, 1.82) is 0 Å². The van der Waals surface area contributed by atoms with Crippen LogP contribution in [0, 0.1) is 0 Å². The molecule has 1 aromatic carbocycles. The van der Waals surface area contributed by atoms with Crippen molar-refractivity contribution in [2.45, 2.75) is 26.8 Å². The topological polar surface area (TPSA) is 32.3 Å². The average Bonchev–Trinajstić information content (AvgIpc) is 2.36. The third-order valence-corrected chi connectivity index (χ3v) is 2.69. The van der Waals surface area contributed by atoms with Crippen LogP contribution in [-0.4, -0.2) is 30.3 Å². The van der Waals surface area contributed by atoms with Gasteiger partial charge in [-0.15, -0.1) is 0 Å². The lowest BCUT2D eigenvalue weighted by atomic mass is 10.2. The first kappa shape index (κ1) is 14.6. The number of anilines is 1. The average molecular weight is 256 g/mol. The van der Waals surface area contributed by atoms with Crippen LogP contribution in [0.3, 0.4) is 0 Å². The summed E-state index contributed by atoms with van der Waals surface area (Å²) in [5.74, 6) is -1.27. The van der Waals surface area contributed by atoms with Crippen molar-refractivity contribution < 1.29 is 13.6 Å². The van der Waals surface area contributed by atoms with E-state index in [2.05, 4.69) is 24.1 Å². The van der Waals surface area contributed by atoms with Crippen molar-refractivity contribution >= 4 is 11.6 Å². The van der Waals surface area contributed by atoms with Crippen LogP contribution in [0.25, 0.3) is 0 Å². The van der Waals surface area contributed by atoms with Gasteiger partial charge in [0.1, 0.15) is 0 Å². The number of carbonyl (C=O) groups is 1. The summed E-state index contributed by atoms with van der Waals surface area (Å²) in [5, 5.41) is 2.18. The SMILES string of the molecule is CCN(CC)Cc1cccc(NC(=O)C(F)F)c1. The van der Waals surface area contributed by atoms with E-state index in [1.807, 2.05) is 6.07 Å². The van der Waals surface area contributed by atoms with Crippen molar-refractivity contribution in [2.24, 2.45) is 0 Å². The lowest BCUT2D eigenvalue weighted by molar-refractivity contribution is -0.126. The molecule has 1 N–H and O–H groups in total. The van der Waals surface area contributed by atoms with E-state index in [-0.39, 0.29) is 0 Å². The molecule has 0 radical (unpaired) electrons. The van der Waals surface area contributed by atoms with Crippen molar-refractivity contribution in [3.63, 3.8) is 0 Å². The molecule has 0 aliphatic heterocycles. The fourth-order valence-electron chi connectivity index (χ4n) is 1.65. The molecule has 0 saturated heterocycles. The predicted octanol–water partition coefficient (Wildman–Crippen LogP) is 2.73. The number of nitrogens with zero attached hydrogens (tertiary/aromatic N) is 1. The number of hydrogen-bond acceptors (Lipinski definition) is 2. The summed E-state index contributed by atoms with van der Waals surface area (Å²) in [6.45, 7) is 6.71. The van der Waals surface area contributed by atoms with Crippen molar-refractivity contribution in [3.8, 4) is 0 Å². The van der Waals surface area contributed by atoms with Gasteiger partial charge in [-0.25, -0.2) is 0 Å². The molecule has 0 aromatic heterocycles. The van der Waals surface area contributed by atoms with Gasteiger partial charge < -0.3 is 5.32 Å². The molecule has 1 amide bonds. The number of halogens is 2. The monoisotopic (exact) mass is 256 g/mol. The van der Waals surface area contributed by atoms with E-state index in [4.69, 9.17) is 0 Å². The Balaban J connectivity index is 2.70. The smallest absolute Gasteiger partial charge is 0.315 e. The van der Waals surface area contributed by atoms with E-state index in [1.165, 1.54) is 0 Å². The lowest BCUT2D eigenvalue weighted by Gasteiger charge is -2.18. The Morgan fingerprint density at radius 2 is 2.00 bits per heavy atom. The second-order valence-electron chi connectivity index (χ2n) is 3.95. The molecule has 0 spiro atoms. The van der Waals surface area contributed by atoms with Crippen molar-refractivity contribution in [2.75, 3.05) is 18.4 Å². The van der Waals surface area contributed by atoms with E-state index in [9.17, 15) is 13.6 Å². The molecule has 0 heterocycles. The number of nitrogens with one attached hydrogen (secondary N) is 1. The van der Waals surface area contributed by atoms with E-state index in [0.717, 1.165) is 25.2 Å². The Morgan fingerprint density at radius 1 is 1.33 bits per heavy atom. The number of rotatable bonds is 6. The molecule has 0 fully saturated rings. The third-order valence-electron chi connectivity index (χ3n) is 2.69. The normalized spacial score (nSPS) is 11.0. The quantitative estimate of drug-likeness (QED) is 0.848. The molecule has 1 aromatic rings. The lowest BCUT2D eigenvalue weighted by Crippen LogP contribution is -2.22. The van der Waals surface area contributed by atoms with Gasteiger partial charge in [-0.2, -0.15) is 8.78 Å². The van der Waals surface area contributed by atoms with Crippen LogP contribution >= 0.6 is 0 Å². The number of amides is 1. The summed E-state index contributed by atoms with van der Waals surface area (Å²) in [5.41, 5.74) is 1.40. The van der Waals surface area contributed by atoms with Gasteiger partial charge in [-0.1, -0.05) is 26.0 Å². The molecule has 0 aliphatic carbocycles. The Labute approximate surface area is 106 Å². The first-order chi connectivity index (χ1) is 8.56. The van der Waals surface area contributed by atoms with Gasteiger partial charge in [0.25, 0.3) is 5.91 Å².